The molecular weight excluding hydrogens is 470 g/mol. The Morgan fingerprint density at radius 1 is 1.00 bits per heavy atom. The number of anilines is 2. The fourth-order valence-corrected chi connectivity index (χ4v) is 4.72. The van der Waals surface area contributed by atoms with Crippen LogP contribution in [0.25, 0.3) is 5.82 Å². The molecule has 1 aliphatic rings. The van der Waals surface area contributed by atoms with Crippen LogP contribution in [0.5, 0.6) is 11.5 Å². The maximum atomic E-state index is 13.7. The van der Waals surface area contributed by atoms with Crippen molar-refractivity contribution in [2.24, 2.45) is 5.92 Å². The van der Waals surface area contributed by atoms with Crippen LogP contribution in [0.15, 0.2) is 85.3 Å². The van der Waals surface area contributed by atoms with Gasteiger partial charge < -0.3 is 19.7 Å². The molecule has 2 aromatic heterocycles. The molecule has 1 N–H and O–H groups in total. The molecule has 1 saturated heterocycles. The Kier molecular flexibility index (Phi) is 6.85. The van der Waals surface area contributed by atoms with Crippen LogP contribution in [0.3, 0.4) is 0 Å². The number of para-hydroxylation sites is 1. The average Bonchev–Trinajstić information content (AvgIpc) is 3.48. The van der Waals surface area contributed by atoms with E-state index in [4.69, 9.17) is 9.47 Å². The summed E-state index contributed by atoms with van der Waals surface area (Å²) in [5.74, 6) is 1.16. The van der Waals surface area contributed by atoms with Crippen molar-refractivity contribution < 1.29 is 19.1 Å². The zero-order chi connectivity index (χ0) is 25.8. The number of carbonyl (C=O) groups is 2. The van der Waals surface area contributed by atoms with E-state index in [0.29, 0.717) is 35.1 Å². The van der Waals surface area contributed by atoms with Gasteiger partial charge in [0.2, 0.25) is 11.8 Å². The summed E-state index contributed by atoms with van der Waals surface area (Å²) in [5.41, 5.74) is 2.01. The number of methoxy groups -OCH3 is 2. The van der Waals surface area contributed by atoms with E-state index in [0.717, 1.165) is 5.56 Å². The molecule has 0 unspecified atom stereocenters. The van der Waals surface area contributed by atoms with Crippen molar-refractivity contribution >= 4 is 23.2 Å². The molecule has 3 heterocycles. The minimum absolute atomic E-state index is 0.0598. The number of hydrogen-bond acceptors (Lipinski definition) is 6. The van der Waals surface area contributed by atoms with Crippen LogP contribution in [0.1, 0.15) is 24.4 Å². The van der Waals surface area contributed by atoms with E-state index in [9.17, 15) is 9.59 Å². The first-order chi connectivity index (χ1) is 18.1. The molecule has 2 atom stereocenters. The molecule has 37 heavy (non-hydrogen) atoms. The Bertz CT molecular complexity index is 1370. The Morgan fingerprint density at radius 3 is 2.49 bits per heavy atom. The first-order valence-electron chi connectivity index (χ1n) is 11.9. The van der Waals surface area contributed by atoms with Crippen LogP contribution in [0.2, 0.25) is 0 Å². The number of benzene rings is 2. The van der Waals surface area contributed by atoms with E-state index in [1.165, 1.54) is 0 Å². The molecule has 188 valence electrons. The minimum Gasteiger partial charge on any atom is -0.497 e. The number of piperidine rings is 1. The summed E-state index contributed by atoms with van der Waals surface area (Å²) < 4.78 is 12.6. The van der Waals surface area contributed by atoms with Gasteiger partial charge in [-0.15, -0.1) is 0 Å². The minimum atomic E-state index is -0.567. The smallest absolute Gasteiger partial charge is 0.229 e. The molecule has 2 aromatic carbocycles. The molecule has 5 rings (SSSR count). The van der Waals surface area contributed by atoms with Crippen LogP contribution >= 0.6 is 0 Å². The van der Waals surface area contributed by atoms with Gasteiger partial charge in [-0.2, -0.15) is 5.10 Å². The van der Waals surface area contributed by atoms with E-state index >= 15 is 0 Å². The van der Waals surface area contributed by atoms with Crippen molar-refractivity contribution in [1.29, 1.82) is 0 Å². The van der Waals surface area contributed by atoms with Gasteiger partial charge in [-0.1, -0.05) is 18.2 Å². The van der Waals surface area contributed by atoms with E-state index in [1.54, 1.807) is 66.7 Å². The van der Waals surface area contributed by atoms with Crippen LogP contribution in [0.4, 0.5) is 11.4 Å². The third-order valence-corrected chi connectivity index (χ3v) is 6.50. The van der Waals surface area contributed by atoms with Crippen molar-refractivity contribution in [2.45, 2.75) is 18.9 Å². The lowest BCUT2D eigenvalue weighted by Crippen LogP contribution is -2.47. The Morgan fingerprint density at radius 2 is 1.81 bits per heavy atom. The number of ether oxygens (including phenoxy) is 2. The number of amides is 2. The summed E-state index contributed by atoms with van der Waals surface area (Å²) in [4.78, 5) is 33.1. The Labute approximate surface area is 214 Å². The monoisotopic (exact) mass is 497 g/mol. The second-order valence-electron chi connectivity index (χ2n) is 8.64. The molecule has 0 radical (unpaired) electrons. The van der Waals surface area contributed by atoms with Crippen LogP contribution in [-0.4, -0.2) is 40.8 Å². The highest BCUT2D eigenvalue weighted by Gasteiger charge is 2.42. The molecule has 4 aromatic rings. The third kappa shape index (κ3) is 4.88. The molecule has 1 fully saturated rings. The van der Waals surface area contributed by atoms with E-state index < -0.39 is 12.0 Å². The van der Waals surface area contributed by atoms with Crippen molar-refractivity contribution in [3.8, 4) is 17.3 Å². The van der Waals surface area contributed by atoms with Gasteiger partial charge in [-0.3, -0.25) is 9.59 Å². The molecule has 1 aliphatic heterocycles. The van der Waals surface area contributed by atoms with Gasteiger partial charge in [0.25, 0.3) is 0 Å². The second kappa shape index (κ2) is 10.5. The maximum Gasteiger partial charge on any atom is 0.229 e. The lowest BCUT2D eigenvalue weighted by molar-refractivity contribution is -0.126. The predicted molar refractivity (Wildman–Crippen MR) is 139 cm³/mol. The lowest BCUT2D eigenvalue weighted by atomic mass is 9.82. The van der Waals surface area contributed by atoms with Gasteiger partial charge in [0.1, 0.15) is 11.5 Å². The van der Waals surface area contributed by atoms with Crippen LogP contribution in [-0.2, 0) is 9.59 Å². The van der Waals surface area contributed by atoms with Gasteiger partial charge in [0, 0.05) is 30.1 Å². The van der Waals surface area contributed by atoms with Gasteiger partial charge in [-0.25, -0.2) is 9.67 Å². The third-order valence-electron chi connectivity index (χ3n) is 6.50. The van der Waals surface area contributed by atoms with Gasteiger partial charge in [0.15, 0.2) is 5.82 Å². The summed E-state index contributed by atoms with van der Waals surface area (Å²) in [6, 6.07) is 19.6. The van der Waals surface area contributed by atoms with Crippen molar-refractivity contribution in [3.63, 3.8) is 0 Å². The van der Waals surface area contributed by atoms with Crippen molar-refractivity contribution in [3.05, 3.63) is 90.9 Å². The molecule has 2 amide bonds. The standard InChI is InChI=1S/C28H27N5O4/c1-36-21-11-9-20(10-12-21)33-26(34)15-13-23(27(33)22-6-3-4-7-24(22)37-2)28(35)31-19-8-14-25(29-18-19)32-17-5-16-30-32/h3-12,14,16-18,23,27H,13,15H2,1-2H3,(H,31,35)/t23-,27-/m0/s1. The predicted octanol–water partition coefficient (Wildman–Crippen LogP) is 4.41. The lowest BCUT2D eigenvalue weighted by Gasteiger charge is -2.41. The molecular formula is C28H27N5O4. The molecule has 0 saturated carbocycles. The number of rotatable bonds is 7. The topological polar surface area (TPSA) is 98.6 Å². The summed E-state index contributed by atoms with van der Waals surface area (Å²) in [6.07, 6.45) is 5.72. The average molecular weight is 498 g/mol. The molecule has 9 heteroatoms. The van der Waals surface area contributed by atoms with Gasteiger partial charge in [-0.05, 0) is 55.0 Å². The number of nitrogens with one attached hydrogen (secondary N) is 1. The van der Waals surface area contributed by atoms with Gasteiger partial charge in [0.05, 0.1) is 38.1 Å². The normalized spacial score (nSPS) is 17.4. The highest BCUT2D eigenvalue weighted by atomic mass is 16.5. The zero-order valence-electron chi connectivity index (χ0n) is 20.6. The quantitative estimate of drug-likeness (QED) is 0.406. The summed E-state index contributed by atoms with van der Waals surface area (Å²) in [5, 5.41) is 7.17. The first kappa shape index (κ1) is 24.1. The zero-order valence-corrected chi connectivity index (χ0v) is 20.6. The number of aromatic nitrogens is 3. The summed E-state index contributed by atoms with van der Waals surface area (Å²) in [6.45, 7) is 0. The van der Waals surface area contributed by atoms with Crippen LogP contribution < -0.4 is 19.7 Å². The SMILES string of the molecule is COc1ccc(N2C(=O)CC[C@H](C(=O)Nc3ccc(-n4cccn4)nc3)[C@@H]2c2ccccc2OC)cc1. The number of nitrogens with zero attached hydrogens (tertiary/aromatic N) is 4. The van der Waals surface area contributed by atoms with E-state index in [1.807, 2.05) is 42.5 Å². The van der Waals surface area contributed by atoms with E-state index in [2.05, 4.69) is 15.4 Å². The van der Waals surface area contributed by atoms with Crippen molar-refractivity contribution in [2.75, 3.05) is 24.4 Å². The molecule has 0 bridgehead atoms. The second-order valence-corrected chi connectivity index (χ2v) is 8.64. The largest absolute Gasteiger partial charge is 0.497 e. The Balaban J connectivity index is 1.49. The number of hydrogen-bond donors (Lipinski definition) is 1. The molecule has 0 aliphatic carbocycles. The number of pyridine rings is 1. The van der Waals surface area contributed by atoms with Crippen LogP contribution in [0, 0.1) is 5.92 Å². The van der Waals surface area contributed by atoms with E-state index in [-0.39, 0.29) is 18.2 Å². The first-order valence-corrected chi connectivity index (χ1v) is 11.9. The highest BCUT2D eigenvalue weighted by Crippen LogP contribution is 2.43. The summed E-state index contributed by atoms with van der Waals surface area (Å²) in [7, 11) is 3.18. The summed E-state index contributed by atoms with van der Waals surface area (Å²) >= 11 is 0. The molecule has 9 nitrogen and oxygen atoms in total. The Hall–Kier alpha value is -4.66. The highest BCUT2D eigenvalue weighted by molar-refractivity contribution is 6.00. The maximum absolute atomic E-state index is 13.7. The molecule has 0 spiro atoms. The van der Waals surface area contributed by atoms with Gasteiger partial charge >= 0.3 is 0 Å². The fourth-order valence-electron chi connectivity index (χ4n) is 4.72. The number of carbonyl (C=O) groups excluding carboxylic acids is 2. The fraction of sp³-hybridized carbons (Fsp3) is 0.214. The van der Waals surface area contributed by atoms with Crippen molar-refractivity contribution in [1.82, 2.24) is 14.8 Å².